The Balaban J connectivity index is 0.00000306. The highest BCUT2D eigenvalue weighted by molar-refractivity contribution is 14.0. The van der Waals surface area contributed by atoms with E-state index in [2.05, 4.69) is 15.6 Å². The Labute approximate surface area is 210 Å². The van der Waals surface area contributed by atoms with Gasteiger partial charge in [-0.2, -0.15) is 0 Å². The number of rotatable bonds is 7. The predicted molar refractivity (Wildman–Crippen MR) is 138 cm³/mol. The molecule has 8 nitrogen and oxygen atoms in total. The highest BCUT2D eigenvalue weighted by Gasteiger charge is 2.34. The molecular formula is C24H29IN4O4. The number of guanidine groups is 1. The summed E-state index contributed by atoms with van der Waals surface area (Å²) in [6.45, 7) is 5.00. The van der Waals surface area contributed by atoms with E-state index in [4.69, 9.17) is 9.47 Å². The van der Waals surface area contributed by atoms with Crippen LogP contribution in [0.3, 0.4) is 0 Å². The number of hydrogen-bond donors (Lipinski definition) is 2. The van der Waals surface area contributed by atoms with Crippen molar-refractivity contribution in [3.8, 4) is 11.5 Å². The van der Waals surface area contributed by atoms with Gasteiger partial charge in [0.2, 0.25) is 0 Å². The first kappa shape index (κ1) is 24.8. The third-order valence-corrected chi connectivity index (χ3v) is 5.29. The Bertz CT molecular complexity index is 992. The molecule has 2 aliphatic heterocycles. The van der Waals surface area contributed by atoms with Gasteiger partial charge < -0.3 is 20.1 Å². The largest absolute Gasteiger partial charge is 0.490 e. The van der Waals surface area contributed by atoms with Crippen molar-refractivity contribution in [3.05, 3.63) is 53.6 Å². The molecule has 2 aliphatic rings. The maximum absolute atomic E-state index is 12.4. The Hall–Kier alpha value is -2.82. The summed E-state index contributed by atoms with van der Waals surface area (Å²) in [7, 11) is 0. The minimum absolute atomic E-state index is 0. The molecular weight excluding hydrogens is 535 g/mol. The van der Waals surface area contributed by atoms with Gasteiger partial charge in [-0.3, -0.25) is 19.5 Å². The summed E-state index contributed by atoms with van der Waals surface area (Å²) in [6, 6.07) is 12.7. The van der Waals surface area contributed by atoms with Crippen molar-refractivity contribution in [3.63, 3.8) is 0 Å². The second-order valence-electron chi connectivity index (χ2n) is 7.61. The molecule has 176 valence electrons. The lowest BCUT2D eigenvalue weighted by molar-refractivity contribution is 0.0652. The number of unbranched alkanes of at least 4 members (excludes halogenated alkanes) is 1. The summed E-state index contributed by atoms with van der Waals surface area (Å²) in [4.78, 5) is 30.8. The zero-order chi connectivity index (χ0) is 22.3. The topological polar surface area (TPSA) is 92.3 Å². The van der Waals surface area contributed by atoms with E-state index in [-0.39, 0.29) is 35.8 Å². The standard InChI is InChI=1S/C24H28N4O4.HI/c1-2-25-24(27-17-10-11-20-21(16-17)32-15-7-14-31-20)26-12-5-6-13-28-22(29)18-8-3-4-9-19(18)23(28)30;/h3-4,8-11,16H,2,5-7,12-15H2,1H3,(H2,25,26,27);1H. The number of aliphatic imine (C=N–C) groups is 1. The molecule has 0 aromatic heterocycles. The van der Waals surface area contributed by atoms with Gasteiger partial charge in [0.15, 0.2) is 17.5 Å². The molecule has 2 heterocycles. The first-order valence-electron chi connectivity index (χ1n) is 11.1. The molecule has 2 N–H and O–H groups in total. The number of nitrogens with zero attached hydrogens (tertiary/aromatic N) is 2. The molecule has 0 fully saturated rings. The molecule has 33 heavy (non-hydrogen) atoms. The van der Waals surface area contributed by atoms with E-state index in [0.29, 0.717) is 49.8 Å². The minimum Gasteiger partial charge on any atom is -0.490 e. The SMILES string of the molecule is CCNC(=NCCCCN1C(=O)c2ccccc2C1=O)Nc1ccc2c(c1)OCCCO2.I. The van der Waals surface area contributed by atoms with Crippen LogP contribution in [0.25, 0.3) is 0 Å². The Morgan fingerprint density at radius 1 is 1.00 bits per heavy atom. The molecule has 4 rings (SSSR count). The monoisotopic (exact) mass is 564 g/mol. The van der Waals surface area contributed by atoms with Crippen LogP contribution in [0.2, 0.25) is 0 Å². The van der Waals surface area contributed by atoms with Crippen LogP contribution in [0.4, 0.5) is 5.69 Å². The van der Waals surface area contributed by atoms with Gasteiger partial charge >= 0.3 is 0 Å². The maximum Gasteiger partial charge on any atom is 0.261 e. The van der Waals surface area contributed by atoms with Gasteiger partial charge in [0.25, 0.3) is 11.8 Å². The number of carbonyl (C=O) groups excluding carboxylic acids is 2. The highest BCUT2D eigenvalue weighted by Crippen LogP contribution is 2.32. The van der Waals surface area contributed by atoms with E-state index in [1.54, 1.807) is 24.3 Å². The lowest BCUT2D eigenvalue weighted by Crippen LogP contribution is -2.31. The summed E-state index contributed by atoms with van der Waals surface area (Å²) in [5, 5.41) is 6.52. The smallest absolute Gasteiger partial charge is 0.261 e. The van der Waals surface area contributed by atoms with Gasteiger partial charge in [-0.15, -0.1) is 24.0 Å². The quantitative estimate of drug-likeness (QED) is 0.174. The summed E-state index contributed by atoms with van der Waals surface area (Å²) >= 11 is 0. The number of amides is 2. The number of hydrogen-bond acceptors (Lipinski definition) is 5. The van der Waals surface area contributed by atoms with Crippen LogP contribution >= 0.6 is 24.0 Å². The number of ether oxygens (including phenoxy) is 2. The fourth-order valence-electron chi connectivity index (χ4n) is 3.70. The first-order valence-corrected chi connectivity index (χ1v) is 11.1. The molecule has 0 spiro atoms. The number of nitrogens with one attached hydrogen (secondary N) is 2. The Kier molecular flexibility index (Phi) is 8.93. The van der Waals surface area contributed by atoms with Crippen molar-refractivity contribution in [2.24, 2.45) is 4.99 Å². The predicted octanol–water partition coefficient (Wildman–Crippen LogP) is 3.92. The van der Waals surface area contributed by atoms with Crippen molar-refractivity contribution < 1.29 is 19.1 Å². The van der Waals surface area contributed by atoms with Gasteiger partial charge in [-0.25, -0.2) is 0 Å². The summed E-state index contributed by atoms with van der Waals surface area (Å²) < 4.78 is 11.4. The summed E-state index contributed by atoms with van der Waals surface area (Å²) in [5.74, 6) is 1.73. The van der Waals surface area contributed by atoms with Crippen molar-refractivity contribution >= 4 is 47.4 Å². The van der Waals surface area contributed by atoms with Gasteiger partial charge in [-0.05, 0) is 44.0 Å². The number of fused-ring (bicyclic) bond motifs is 2. The lowest BCUT2D eigenvalue weighted by Gasteiger charge is -2.14. The molecule has 0 saturated carbocycles. The van der Waals surface area contributed by atoms with E-state index < -0.39 is 0 Å². The number of benzene rings is 2. The normalized spacial score (nSPS) is 14.9. The zero-order valence-corrected chi connectivity index (χ0v) is 21.0. The van der Waals surface area contributed by atoms with E-state index in [9.17, 15) is 9.59 Å². The number of carbonyl (C=O) groups is 2. The zero-order valence-electron chi connectivity index (χ0n) is 18.6. The van der Waals surface area contributed by atoms with Gasteiger partial charge in [-0.1, -0.05) is 12.1 Å². The molecule has 0 bridgehead atoms. The van der Waals surface area contributed by atoms with E-state index in [1.807, 2.05) is 25.1 Å². The van der Waals surface area contributed by atoms with Crippen LogP contribution in [0.5, 0.6) is 11.5 Å². The third kappa shape index (κ3) is 5.95. The van der Waals surface area contributed by atoms with Gasteiger partial charge in [0.05, 0.1) is 24.3 Å². The van der Waals surface area contributed by atoms with Crippen molar-refractivity contribution in [2.75, 3.05) is 38.2 Å². The molecule has 0 radical (unpaired) electrons. The van der Waals surface area contributed by atoms with Crippen LogP contribution in [-0.4, -0.2) is 55.5 Å². The number of halogens is 1. The van der Waals surface area contributed by atoms with Crippen molar-refractivity contribution in [2.45, 2.75) is 26.2 Å². The second-order valence-corrected chi connectivity index (χ2v) is 7.61. The highest BCUT2D eigenvalue weighted by atomic mass is 127. The van der Waals surface area contributed by atoms with Crippen molar-refractivity contribution in [1.82, 2.24) is 10.2 Å². The van der Waals surface area contributed by atoms with Gasteiger partial charge in [0.1, 0.15) is 0 Å². The average molecular weight is 564 g/mol. The van der Waals surface area contributed by atoms with E-state index in [0.717, 1.165) is 36.6 Å². The Morgan fingerprint density at radius 2 is 1.70 bits per heavy atom. The molecule has 0 saturated heterocycles. The average Bonchev–Trinajstić information content (AvgIpc) is 2.95. The minimum atomic E-state index is -0.210. The second kappa shape index (κ2) is 11.9. The van der Waals surface area contributed by atoms with E-state index >= 15 is 0 Å². The lowest BCUT2D eigenvalue weighted by atomic mass is 10.1. The molecule has 0 atom stereocenters. The molecule has 0 aliphatic carbocycles. The molecule has 9 heteroatoms. The van der Waals surface area contributed by atoms with E-state index in [1.165, 1.54) is 4.90 Å². The molecule has 0 unspecified atom stereocenters. The number of anilines is 1. The fourth-order valence-corrected chi connectivity index (χ4v) is 3.70. The molecule has 2 aromatic carbocycles. The van der Waals surface area contributed by atoms with Crippen molar-refractivity contribution in [1.29, 1.82) is 0 Å². The third-order valence-electron chi connectivity index (χ3n) is 5.29. The Morgan fingerprint density at radius 3 is 2.39 bits per heavy atom. The van der Waals surface area contributed by atoms with Crippen LogP contribution < -0.4 is 20.1 Å². The van der Waals surface area contributed by atoms with Gasteiger partial charge in [0, 0.05) is 37.8 Å². The molecule has 2 amide bonds. The van der Waals surface area contributed by atoms with Crippen LogP contribution in [0.15, 0.2) is 47.5 Å². The first-order chi connectivity index (χ1) is 15.7. The van der Waals surface area contributed by atoms with Crippen LogP contribution in [0, 0.1) is 0 Å². The summed E-state index contributed by atoms with van der Waals surface area (Å²) in [6.07, 6.45) is 2.31. The fraction of sp³-hybridized carbons (Fsp3) is 0.375. The van der Waals surface area contributed by atoms with Crippen LogP contribution in [-0.2, 0) is 0 Å². The van der Waals surface area contributed by atoms with Crippen LogP contribution in [0.1, 0.15) is 46.9 Å². The number of imide groups is 1. The molecule has 2 aromatic rings. The summed E-state index contributed by atoms with van der Waals surface area (Å²) in [5.41, 5.74) is 1.84. The maximum atomic E-state index is 12.4.